The highest BCUT2D eigenvalue weighted by Gasteiger charge is 2.11. The van der Waals surface area contributed by atoms with Crippen molar-refractivity contribution in [1.82, 2.24) is 9.97 Å². The Labute approximate surface area is 120 Å². The van der Waals surface area contributed by atoms with Crippen molar-refractivity contribution in [3.8, 4) is 5.88 Å². The molecule has 7 heteroatoms. The maximum atomic E-state index is 13.3. The van der Waals surface area contributed by atoms with E-state index in [1.54, 1.807) is 12.1 Å². The van der Waals surface area contributed by atoms with Crippen LogP contribution in [-0.4, -0.2) is 28.7 Å². The number of benzene rings is 1. The molecular formula is C13H13ClFN3O2. The first-order valence-electron chi connectivity index (χ1n) is 5.84. The molecule has 0 aliphatic heterocycles. The lowest BCUT2D eigenvalue weighted by atomic mass is 10.1. The van der Waals surface area contributed by atoms with Crippen molar-refractivity contribution >= 4 is 17.5 Å². The van der Waals surface area contributed by atoms with Gasteiger partial charge in [0.05, 0.1) is 18.2 Å². The van der Waals surface area contributed by atoms with Gasteiger partial charge in [0.25, 0.3) is 0 Å². The number of halogens is 2. The number of aliphatic hydroxyl groups excluding tert-OH is 1. The van der Waals surface area contributed by atoms with Gasteiger partial charge in [0.1, 0.15) is 5.82 Å². The third-order valence-corrected chi connectivity index (χ3v) is 2.93. The summed E-state index contributed by atoms with van der Waals surface area (Å²) in [7, 11) is 1.50. The number of rotatable bonds is 5. The molecule has 5 nitrogen and oxygen atoms in total. The van der Waals surface area contributed by atoms with E-state index in [1.807, 2.05) is 0 Å². The predicted octanol–water partition coefficient (Wildman–Crippen LogP) is 2.42. The van der Waals surface area contributed by atoms with Crippen molar-refractivity contribution in [2.45, 2.75) is 6.10 Å². The van der Waals surface area contributed by atoms with E-state index in [1.165, 1.54) is 25.4 Å². The third-order valence-electron chi connectivity index (χ3n) is 2.62. The Morgan fingerprint density at radius 3 is 2.95 bits per heavy atom. The summed E-state index contributed by atoms with van der Waals surface area (Å²) in [5, 5.41) is 12.8. The molecule has 2 aromatic rings. The second kappa shape index (κ2) is 6.49. The van der Waals surface area contributed by atoms with E-state index in [2.05, 4.69) is 15.3 Å². The van der Waals surface area contributed by atoms with E-state index < -0.39 is 11.9 Å². The summed E-state index contributed by atoms with van der Waals surface area (Å²) in [6, 6.07) is 5.76. The van der Waals surface area contributed by atoms with Crippen LogP contribution in [0.5, 0.6) is 5.88 Å². The Morgan fingerprint density at radius 2 is 2.25 bits per heavy atom. The summed E-state index contributed by atoms with van der Waals surface area (Å²) in [5.74, 6) is 0.160. The van der Waals surface area contributed by atoms with Gasteiger partial charge in [-0.3, -0.25) is 0 Å². The van der Waals surface area contributed by atoms with Crippen LogP contribution in [0.15, 0.2) is 30.5 Å². The summed E-state index contributed by atoms with van der Waals surface area (Å²) in [6.07, 6.45) is 0.624. The minimum atomic E-state index is -0.906. The van der Waals surface area contributed by atoms with Gasteiger partial charge in [-0.15, -0.1) is 0 Å². The van der Waals surface area contributed by atoms with Crippen LogP contribution in [0.4, 0.5) is 10.3 Å². The molecule has 1 atom stereocenters. The Hall–Kier alpha value is -1.92. The van der Waals surface area contributed by atoms with Crippen LogP contribution in [0.1, 0.15) is 11.7 Å². The molecule has 1 unspecified atom stereocenters. The SMILES string of the molecule is COc1ccnc(NCC(O)c2ccc(Cl)c(F)c2)n1. The van der Waals surface area contributed by atoms with Gasteiger partial charge in [0.15, 0.2) is 0 Å². The quantitative estimate of drug-likeness (QED) is 0.887. The molecule has 106 valence electrons. The number of nitrogens with zero attached hydrogens (tertiary/aromatic N) is 2. The molecule has 0 aliphatic rings. The van der Waals surface area contributed by atoms with E-state index in [-0.39, 0.29) is 11.6 Å². The summed E-state index contributed by atoms with van der Waals surface area (Å²) in [5.41, 5.74) is 0.419. The number of nitrogens with one attached hydrogen (secondary N) is 1. The fraction of sp³-hybridized carbons (Fsp3) is 0.231. The summed E-state index contributed by atoms with van der Waals surface area (Å²) in [4.78, 5) is 8.01. The van der Waals surface area contributed by atoms with Crippen molar-refractivity contribution in [2.24, 2.45) is 0 Å². The van der Waals surface area contributed by atoms with Crippen LogP contribution in [0.3, 0.4) is 0 Å². The van der Waals surface area contributed by atoms with Crippen LogP contribution < -0.4 is 10.1 Å². The smallest absolute Gasteiger partial charge is 0.226 e. The number of aliphatic hydroxyl groups is 1. The number of methoxy groups -OCH3 is 1. The highest BCUT2D eigenvalue weighted by Crippen LogP contribution is 2.20. The maximum Gasteiger partial charge on any atom is 0.226 e. The van der Waals surface area contributed by atoms with Crippen molar-refractivity contribution in [1.29, 1.82) is 0 Å². The van der Waals surface area contributed by atoms with E-state index in [0.29, 0.717) is 17.4 Å². The molecule has 0 radical (unpaired) electrons. The zero-order chi connectivity index (χ0) is 14.5. The summed E-state index contributed by atoms with van der Waals surface area (Å²) < 4.78 is 18.3. The summed E-state index contributed by atoms with van der Waals surface area (Å²) >= 11 is 5.59. The molecular weight excluding hydrogens is 285 g/mol. The number of aromatic nitrogens is 2. The fourth-order valence-corrected chi connectivity index (χ4v) is 1.68. The van der Waals surface area contributed by atoms with Gasteiger partial charge in [-0.2, -0.15) is 4.98 Å². The lowest BCUT2D eigenvalue weighted by Gasteiger charge is -2.12. The molecule has 0 bridgehead atoms. The normalized spacial score (nSPS) is 12.0. The molecule has 2 N–H and O–H groups in total. The van der Waals surface area contributed by atoms with Crippen molar-refractivity contribution in [3.05, 3.63) is 46.9 Å². The average molecular weight is 298 g/mol. The van der Waals surface area contributed by atoms with Gasteiger partial charge >= 0.3 is 0 Å². The van der Waals surface area contributed by atoms with Gasteiger partial charge < -0.3 is 15.2 Å². The first kappa shape index (κ1) is 14.5. The Balaban J connectivity index is 2.00. The minimum absolute atomic E-state index is 0.0186. The van der Waals surface area contributed by atoms with E-state index >= 15 is 0 Å². The van der Waals surface area contributed by atoms with Crippen LogP contribution in [0.2, 0.25) is 5.02 Å². The molecule has 0 saturated carbocycles. The number of ether oxygens (including phenoxy) is 1. The second-order valence-corrected chi connectivity index (χ2v) is 4.40. The van der Waals surface area contributed by atoms with Crippen LogP contribution in [0, 0.1) is 5.82 Å². The van der Waals surface area contributed by atoms with Crippen molar-refractivity contribution in [2.75, 3.05) is 19.0 Å². The highest BCUT2D eigenvalue weighted by molar-refractivity contribution is 6.30. The molecule has 1 aromatic heterocycles. The molecule has 0 amide bonds. The summed E-state index contributed by atoms with van der Waals surface area (Å²) in [6.45, 7) is 0.133. The molecule has 1 aromatic carbocycles. The van der Waals surface area contributed by atoms with Gasteiger partial charge in [0.2, 0.25) is 11.8 Å². The van der Waals surface area contributed by atoms with E-state index in [9.17, 15) is 9.50 Å². The number of hydrogen-bond acceptors (Lipinski definition) is 5. The van der Waals surface area contributed by atoms with Gasteiger partial charge in [-0.1, -0.05) is 17.7 Å². The first-order chi connectivity index (χ1) is 9.60. The molecule has 0 saturated heterocycles. The van der Waals surface area contributed by atoms with E-state index in [4.69, 9.17) is 16.3 Å². The number of anilines is 1. The number of hydrogen-bond donors (Lipinski definition) is 2. The largest absolute Gasteiger partial charge is 0.481 e. The standard InChI is InChI=1S/C13H13ClFN3O2/c1-20-12-4-5-16-13(18-12)17-7-11(19)8-2-3-9(14)10(15)6-8/h2-6,11,19H,7H2,1H3,(H,16,17,18). The lowest BCUT2D eigenvalue weighted by Crippen LogP contribution is -2.14. The highest BCUT2D eigenvalue weighted by atomic mass is 35.5. The zero-order valence-electron chi connectivity index (χ0n) is 10.7. The van der Waals surface area contributed by atoms with Gasteiger partial charge in [-0.25, -0.2) is 9.37 Å². The Kier molecular flexibility index (Phi) is 4.70. The first-order valence-corrected chi connectivity index (χ1v) is 6.22. The van der Waals surface area contributed by atoms with Crippen LogP contribution in [0.25, 0.3) is 0 Å². The average Bonchev–Trinajstić information content (AvgIpc) is 2.47. The monoisotopic (exact) mass is 297 g/mol. The second-order valence-electron chi connectivity index (χ2n) is 3.99. The van der Waals surface area contributed by atoms with Crippen LogP contribution in [-0.2, 0) is 0 Å². The molecule has 0 fully saturated rings. The fourth-order valence-electron chi connectivity index (χ4n) is 1.57. The molecule has 0 spiro atoms. The van der Waals surface area contributed by atoms with Crippen LogP contribution >= 0.6 is 11.6 Å². The molecule has 1 heterocycles. The third kappa shape index (κ3) is 3.55. The topological polar surface area (TPSA) is 67.3 Å². The van der Waals surface area contributed by atoms with Crippen molar-refractivity contribution < 1.29 is 14.2 Å². The van der Waals surface area contributed by atoms with Gasteiger partial charge in [-0.05, 0) is 17.7 Å². The minimum Gasteiger partial charge on any atom is -0.481 e. The maximum absolute atomic E-state index is 13.3. The van der Waals surface area contributed by atoms with E-state index in [0.717, 1.165) is 0 Å². The zero-order valence-corrected chi connectivity index (χ0v) is 11.4. The molecule has 2 rings (SSSR count). The predicted molar refractivity (Wildman–Crippen MR) is 73.4 cm³/mol. The Bertz CT molecular complexity index is 598. The Morgan fingerprint density at radius 1 is 1.45 bits per heavy atom. The van der Waals surface area contributed by atoms with Crippen molar-refractivity contribution in [3.63, 3.8) is 0 Å². The molecule has 0 aliphatic carbocycles. The molecule has 20 heavy (non-hydrogen) atoms. The van der Waals surface area contributed by atoms with Gasteiger partial charge in [0, 0.05) is 18.8 Å². The lowest BCUT2D eigenvalue weighted by molar-refractivity contribution is 0.191.